The van der Waals surface area contributed by atoms with Crippen molar-refractivity contribution in [2.75, 3.05) is 18.0 Å². The van der Waals surface area contributed by atoms with E-state index >= 15 is 0 Å². The van der Waals surface area contributed by atoms with Crippen molar-refractivity contribution in [3.05, 3.63) is 59.8 Å². The molecule has 6 heteroatoms. The van der Waals surface area contributed by atoms with Crippen LogP contribution in [0.2, 0.25) is 0 Å². The van der Waals surface area contributed by atoms with Gasteiger partial charge in [-0.15, -0.1) is 0 Å². The Morgan fingerprint density at radius 2 is 2.00 bits per heavy atom. The first-order valence-corrected chi connectivity index (χ1v) is 8.68. The van der Waals surface area contributed by atoms with Crippen LogP contribution in [0.4, 0.5) is 10.6 Å². The summed E-state index contributed by atoms with van der Waals surface area (Å²) in [5.74, 6) is 0.859. The number of piperidine rings is 1. The Hall–Kier alpha value is -3.07. The summed E-state index contributed by atoms with van der Waals surface area (Å²) >= 11 is 0. The molecule has 2 aromatic rings. The Balaban J connectivity index is 1.49. The lowest BCUT2D eigenvalue weighted by atomic mass is 9.90. The van der Waals surface area contributed by atoms with Crippen molar-refractivity contribution in [1.82, 2.24) is 10.3 Å². The Kier molecular flexibility index (Phi) is 5.37. The third-order valence-electron chi connectivity index (χ3n) is 4.68. The van der Waals surface area contributed by atoms with Crippen molar-refractivity contribution >= 4 is 11.9 Å². The van der Waals surface area contributed by atoms with E-state index in [1.165, 1.54) is 0 Å². The zero-order valence-corrected chi connectivity index (χ0v) is 14.8. The van der Waals surface area contributed by atoms with Gasteiger partial charge in [-0.05, 0) is 37.5 Å². The smallest absolute Gasteiger partial charge is 0.407 e. The molecule has 1 N–H and O–H groups in total. The Morgan fingerprint density at radius 1 is 1.27 bits per heavy atom. The average Bonchev–Trinajstić information content (AvgIpc) is 2.68. The monoisotopic (exact) mass is 350 g/mol. The third kappa shape index (κ3) is 4.51. The van der Waals surface area contributed by atoms with E-state index in [1.54, 1.807) is 12.3 Å². The fourth-order valence-electron chi connectivity index (χ4n) is 3.00. The average molecular weight is 350 g/mol. The molecular weight excluding hydrogens is 328 g/mol. The van der Waals surface area contributed by atoms with Crippen molar-refractivity contribution in [3.8, 4) is 6.07 Å². The maximum atomic E-state index is 12.1. The van der Waals surface area contributed by atoms with Crippen molar-refractivity contribution < 1.29 is 9.53 Å². The number of anilines is 1. The number of nitrogens with zero attached hydrogens (tertiary/aromatic N) is 3. The number of hydrogen-bond acceptors (Lipinski definition) is 5. The van der Waals surface area contributed by atoms with Crippen LogP contribution >= 0.6 is 0 Å². The van der Waals surface area contributed by atoms with Gasteiger partial charge in [-0.2, -0.15) is 5.26 Å². The highest BCUT2D eigenvalue weighted by Crippen LogP contribution is 2.25. The van der Waals surface area contributed by atoms with Crippen LogP contribution in [0.25, 0.3) is 0 Å². The number of ether oxygens (including phenoxy) is 1. The van der Waals surface area contributed by atoms with Gasteiger partial charge in [-0.1, -0.05) is 30.3 Å². The molecule has 0 spiro atoms. The lowest BCUT2D eigenvalue weighted by Gasteiger charge is -2.40. The maximum absolute atomic E-state index is 12.1. The zero-order valence-electron chi connectivity index (χ0n) is 14.8. The van der Waals surface area contributed by atoms with Gasteiger partial charge in [0.25, 0.3) is 0 Å². The molecule has 1 aliphatic rings. The first kappa shape index (κ1) is 17.7. The van der Waals surface area contributed by atoms with Gasteiger partial charge in [-0.3, -0.25) is 0 Å². The SMILES string of the molecule is CC1(NC(=O)OCc2ccccc2)CCN(c2ccc(C#N)cn2)CC1. The molecule has 6 nitrogen and oxygen atoms in total. The van der Waals surface area contributed by atoms with Gasteiger partial charge in [0.05, 0.1) is 5.56 Å². The fourth-order valence-corrected chi connectivity index (χ4v) is 3.00. The summed E-state index contributed by atoms with van der Waals surface area (Å²) in [6.07, 6.45) is 2.80. The van der Waals surface area contributed by atoms with Crippen LogP contribution in [0.3, 0.4) is 0 Å². The van der Waals surface area contributed by atoms with E-state index in [2.05, 4.69) is 21.3 Å². The van der Waals surface area contributed by atoms with E-state index in [1.807, 2.05) is 43.3 Å². The molecule has 0 unspecified atom stereocenters. The molecular formula is C20H22N4O2. The molecule has 0 aliphatic carbocycles. The second kappa shape index (κ2) is 7.87. The van der Waals surface area contributed by atoms with E-state index in [0.717, 1.165) is 37.3 Å². The minimum Gasteiger partial charge on any atom is -0.445 e. The molecule has 3 rings (SSSR count). The van der Waals surface area contributed by atoms with Gasteiger partial charge >= 0.3 is 6.09 Å². The van der Waals surface area contributed by atoms with E-state index < -0.39 is 0 Å². The number of hydrogen-bond donors (Lipinski definition) is 1. The van der Waals surface area contributed by atoms with Crippen molar-refractivity contribution in [2.24, 2.45) is 0 Å². The van der Waals surface area contributed by atoms with E-state index in [-0.39, 0.29) is 18.2 Å². The molecule has 1 amide bonds. The molecule has 1 fully saturated rings. The molecule has 1 aromatic heterocycles. The highest BCUT2D eigenvalue weighted by atomic mass is 16.5. The van der Waals surface area contributed by atoms with Crippen LogP contribution in [-0.4, -0.2) is 29.7 Å². The maximum Gasteiger partial charge on any atom is 0.407 e. The van der Waals surface area contributed by atoms with E-state index in [4.69, 9.17) is 10.00 Å². The molecule has 1 aliphatic heterocycles. The Morgan fingerprint density at radius 3 is 2.62 bits per heavy atom. The number of nitrogens with one attached hydrogen (secondary N) is 1. The minimum absolute atomic E-state index is 0.268. The standard InChI is InChI=1S/C20H22N4O2/c1-20(23-19(25)26-15-16-5-3-2-4-6-16)9-11-24(12-10-20)18-8-7-17(13-21)14-22-18/h2-8,14H,9-12,15H2,1H3,(H,23,25). The number of rotatable bonds is 4. The summed E-state index contributed by atoms with van der Waals surface area (Å²) in [6, 6.07) is 15.3. The molecule has 26 heavy (non-hydrogen) atoms. The van der Waals surface area contributed by atoms with Gasteiger partial charge in [0.1, 0.15) is 18.5 Å². The quantitative estimate of drug-likeness (QED) is 0.916. The second-order valence-electron chi connectivity index (χ2n) is 6.75. The summed E-state index contributed by atoms with van der Waals surface area (Å²) in [6.45, 7) is 3.88. The number of benzene rings is 1. The van der Waals surface area contributed by atoms with Gasteiger partial charge < -0.3 is 15.0 Å². The molecule has 2 heterocycles. The summed E-state index contributed by atoms with van der Waals surface area (Å²) in [7, 11) is 0. The number of pyridine rings is 1. The molecule has 0 bridgehead atoms. The Bertz CT molecular complexity index is 776. The summed E-state index contributed by atoms with van der Waals surface area (Å²) in [5, 5.41) is 11.9. The third-order valence-corrected chi connectivity index (χ3v) is 4.68. The van der Waals surface area contributed by atoms with E-state index in [0.29, 0.717) is 5.56 Å². The minimum atomic E-state index is -0.388. The normalized spacial score (nSPS) is 15.8. The van der Waals surface area contributed by atoms with Gasteiger partial charge in [0, 0.05) is 24.8 Å². The number of aromatic nitrogens is 1. The lowest BCUT2D eigenvalue weighted by molar-refractivity contribution is 0.123. The second-order valence-corrected chi connectivity index (χ2v) is 6.75. The van der Waals surface area contributed by atoms with Crippen molar-refractivity contribution in [3.63, 3.8) is 0 Å². The first-order chi connectivity index (χ1) is 12.6. The van der Waals surface area contributed by atoms with Crippen molar-refractivity contribution in [2.45, 2.75) is 31.9 Å². The largest absolute Gasteiger partial charge is 0.445 e. The van der Waals surface area contributed by atoms with Gasteiger partial charge in [0.2, 0.25) is 0 Å². The van der Waals surface area contributed by atoms with Gasteiger partial charge in [0.15, 0.2) is 0 Å². The lowest BCUT2D eigenvalue weighted by Crippen LogP contribution is -2.53. The molecule has 0 atom stereocenters. The van der Waals surface area contributed by atoms with Crippen LogP contribution in [0, 0.1) is 11.3 Å². The number of nitriles is 1. The van der Waals surface area contributed by atoms with Crippen LogP contribution < -0.4 is 10.2 Å². The summed E-state index contributed by atoms with van der Waals surface area (Å²) < 4.78 is 5.33. The fraction of sp³-hybridized carbons (Fsp3) is 0.350. The summed E-state index contributed by atoms with van der Waals surface area (Å²) in [4.78, 5) is 18.6. The van der Waals surface area contributed by atoms with Crippen LogP contribution in [0.1, 0.15) is 30.9 Å². The topological polar surface area (TPSA) is 78.2 Å². The van der Waals surface area contributed by atoms with E-state index in [9.17, 15) is 4.79 Å². The molecule has 1 saturated heterocycles. The summed E-state index contributed by atoms with van der Waals surface area (Å²) in [5.41, 5.74) is 1.23. The number of amides is 1. The van der Waals surface area contributed by atoms with Crippen LogP contribution in [0.5, 0.6) is 0 Å². The molecule has 134 valence electrons. The predicted molar refractivity (Wildman–Crippen MR) is 98.6 cm³/mol. The Labute approximate surface area is 153 Å². The number of carbonyl (C=O) groups excluding carboxylic acids is 1. The molecule has 0 saturated carbocycles. The zero-order chi connectivity index (χ0) is 18.4. The number of carbonyl (C=O) groups is 1. The van der Waals surface area contributed by atoms with Gasteiger partial charge in [-0.25, -0.2) is 9.78 Å². The van der Waals surface area contributed by atoms with Crippen LogP contribution in [0.15, 0.2) is 48.7 Å². The highest BCUT2D eigenvalue weighted by molar-refractivity contribution is 5.68. The highest BCUT2D eigenvalue weighted by Gasteiger charge is 2.32. The molecule has 0 radical (unpaired) electrons. The number of alkyl carbamates (subject to hydrolysis) is 1. The van der Waals surface area contributed by atoms with Crippen LogP contribution in [-0.2, 0) is 11.3 Å². The predicted octanol–water partition coefficient (Wildman–Crippen LogP) is 3.24. The van der Waals surface area contributed by atoms with Crippen molar-refractivity contribution in [1.29, 1.82) is 5.26 Å². The first-order valence-electron chi connectivity index (χ1n) is 8.68. The molecule has 1 aromatic carbocycles.